The maximum atomic E-state index is 13.4. The molecule has 0 saturated carbocycles. The highest BCUT2D eigenvalue weighted by Crippen LogP contribution is 2.23. The predicted molar refractivity (Wildman–Crippen MR) is 96.9 cm³/mol. The van der Waals surface area contributed by atoms with Crippen LogP contribution in [-0.2, 0) is 4.74 Å². The third-order valence-corrected chi connectivity index (χ3v) is 4.11. The van der Waals surface area contributed by atoms with Gasteiger partial charge < -0.3 is 10.1 Å². The van der Waals surface area contributed by atoms with Crippen LogP contribution in [0.25, 0.3) is 11.3 Å². The molecule has 0 bridgehead atoms. The molecule has 1 aromatic carbocycles. The summed E-state index contributed by atoms with van der Waals surface area (Å²) in [4.78, 5) is 8.76. The molecule has 0 fully saturated rings. The molecule has 1 N–H and O–H groups in total. The lowest BCUT2D eigenvalue weighted by atomic mass is 10.1. The summed E-state index contributed by atoms with van der Waals surface area (Å²) in [6.07, 6.45) is 4.22. The number of aromatic nitrogens is 4. The van der Waals surface area contributed by atoms with Crippen LogP contribution in [0.4, 0.5) is 20.5 Å². The van der Waals surface area contributed by atoms with Crippen LogP contribution in [0.5, 0.6) is 0 Å². The highest BCUT2D eigenvalue weighted by molar-refractivity contribution is 5.66. The van der Waals surface area contributed by atoms with Gasteiger partial charge in [0.25, 0.3) is 0 Å². The molecule has 0 radical (unpaired) electrons. The Morgan fingerprint density at radius 2 is 1.93 bits per heavy atom. The number of halogens is 2. The zero-order valence-electron chi connectivity index (χ0n) is 14.6. The van der Waals surface area contributed by atoms with E-state index in [1.807, 2.05) is 25.1 Å². The summed E-state index contributed by atoms with van der Waals surface area (Å²) < 4.78 is 33.4. The standard InChI is InChI=1S/C19H17F2N5O/c1-12-6-17(13-2-4-27-5-3-13)23-18(7-12)24-19-22-11-26(25-19)16-9-14(20)8-15(21)10-16/h2,6-11H,3-5H2,1H3,(H,23,24,25). The lowest BCUT2D eigenvalue weighted by molar-refractivity contribution is 0.161. The molecule has 0 spiro atoms. The maximum Gasteiger partial charge on any atom is 0.248 e. The number of aryl methyl sites for hydroxylation is 1. The average molecular weight is 369 g/mol. The third-order valence-electron chi connectivity index (χ3n) is 4.11. The van der Waals surface area contributed by atoms with Crippen molar-refractivity contribution in [1.29, 1.82) is 0 Å². The number of rotatable bonds is 4. The molecule has 0 aliphatic carbocycles. The molecule has 6 nitrogen and oxygen atoms in total. The first-order valence-electron chi connectivity index (χ1n) is 8.48. The molecule has 0 atom stereocenters. The number of pyridine rings is 1. The highest BCUT2D eigenvalue weighted by Gasteiger charge is 2.11. The Kier molecular flexibility index (Phi) is 4.64. The molecule has 2 aromatic heterocycles. The fourth-order valence-corrected chi connectivity index (χ4v) is 2.89. The zero-order chi connectivity index (χ0) is 18.8. The smallest absolute Gasteiger partial charge is 0.248 e. The summed E-state index contributed by atoms with van der Waals surface area (Å²) >= 11 is 0. The Labute approximate surface area is 154 Å². The van der Waals surface area contributed by atoms with Gasteiger partial charge in [0, 0.05) is 6.07 Å². The van der Waals surface area contributed by atoms with Crippen molar-refractivity contribution < 1.29 is 13.5 Å². The summed E-state index contributed by atoms with van der Waals surface area (Å²) in [5, 5.41) is 7.26. The van der Waals surface area contributed by atoms with Gasteiger partial charge in [-0.15, -0.1) is 5.10 Å². The van der Waals surface area contributed by atoms with Gasteiger partial charge in [-0.1, -0.05) is 6.08 Å². The Morgan fingerprint density at radius 3 is 2.67 bits per heavy atom. The van der Waals surface area contributed by atoms with Crippen molar-refractivity contribution in [3.63, 3.8) is 0 Å². The van der Waals surface area contributed by atoms with E-state index in [4.69, 9.17) is 4.74 Å². The SMILES string of the molecule is Cc1cc(Nc2ncn(-c3cc(F)cc(F)c3)n2)nc(C2=CCOCC2)c1. The van der Waals surface area contributed by atoms with E-state index in [1.165, 1.54) is 23.1 Å². The lowest BCUT2D eigenvalue weighted by Gasteiger charge is -2.14. The van der Waals surface area contributed by atoms with Gasteiger partial charge in [0.05, 0.1) is 24.6 Å². The Bertz CT molecular complexity index is 995. The first kappa shape index (κ1) is 17.3. The van der Waals surface area contributed by atoms with Crippen LogP contribution in [0, 0.1) is 18.6 Å². The predicted octanol–water partition coefficient (Wildman–Crippen LogP) is 3.80. The number of anilines is 2. The van der Waals surface area contributed by atoms with E-state index in [2.05, 4.69) is 20.4 Å². The molecule has 0 unspecified atom stereocenters. The van der Waals surface area contributed by atoms with Crippen LogP contribution >= 0.6 is 0 Å². The summed E-state index contributed by atoms with van der Waals surface area (Å²) in [5.74, 6) is -0.472. The van der Waals surface area contributed by atoms with Crippen LogP contribution < -0.4 is 5.32 Å². The molecular weight excluding hydrogens is 352 g/mol. The Balaban J connectivity index is 1.59. The largest absolute Gasteiger partial charge is 0.377 e. The van der Waals surface area contributed by atoms with Crippen LogP contribution in [0.2, 0.25) is 0 Å². The van der Waals surface area contributed by atoms with E-state index in [0.717, 1.165) is 29.3 Å². The minimum Gasteiger partial charge on any atom is -0.377 e. The van der Waals surface area contributed by atoms with Crippen LogP contribution in [0.15, 0.2) is 42.7 Å². The molecule has 3 heterocycles. The summed E-state index contributed by atoms with van der Waals surface area (Å²) in [6.45, 7) is 3.25. The quantitative estimate of drug-likeness (QED) is 0.758. The molecule has 138 valence electrons. The summed E-state index contributed by atoms with van der Waals surface area (Å²) in [7, 11) is 0. The van der Waals surface area contributed by atoms with Gasteiger partial charge >= 0.3 is 0 Å². The van der Waals surface area contributed by atoms with Gasteiger partial charge in [-0.25, -0.2) is 18.4 Å². The molecule has 8 heteroatoms. The Morgan fingerprint density at radius 1 is 1.11 bits per heavy atom. The van der Waals surface area contributed by atoms with E-state index in [1.54, 1.807) is 0 Å². The second kappa shape index (κ2) is 7.24. The van der Waals surface area contributed by atoms with Crippen LogP contribution in [-0.4, -0.2) is 33.0 Å². The second-order valence-electron chi connectivity index (χ2n) is 6.23. The fourth-order valence-electron chi connectivity index (χ4n) is 2.89. The normalized spacial score (nSPS) is 14.1. The van der Waals surface area contributed by atoms with E-state index >= 15 is 0 Å². The second-order valence-corrected chi connectivity index (χ2v) is 6.23. The summed E-state index contributed by atoms with van der Waals surface area (Å²) in [6, 6.07) is 7.07. The lowest BCUT2D eigenvalue weighted by Crippen LogP contribution is -2.06. The highest BCUT2D eigenvalue weighted by atomic mass is 19.1. The number of nitrogens with one attached hydrogen (secondary N) is 1. The molecule has 4 rings (SSSR count). The van der Waals surface area contributed by atoms with E-state index in [-0.39, 0.29) is 11.6 Å². The number of hydrogen-bond acceptors (Lipinski definition) is 5. The van der Waals surface area contributed by atoms with Crippen molar-refractivity contribution in [2.24, 2.45) is 0 Å². The third kappa shape index (κ3) is 4.01. The van der Waals surface area contributed by atoms with Crippen molar-refractivity contribution >= 4 is 17.3 Å². The molecule has 1 aliphatic rings. The van der Waals surface area contributed by atoms with Gasteiger partial charge in [-0.05, 0) is 48.7 Å². The van der Waals surface area contributed by atoms with Crippen molar-refractivity contribution in [3.8, 4) is 5.69 Å². The first-order valence-corrected chi connectivity index (χ1v) is 8.48. The minimum absolute atomic E-state index is 0.248. The van der Waals surface area contributed by atoms with Gasteiger partial charge in [-0.2, -0.15) is 4.98 Å². The van der Waals surface area contributed by atoms with Crippen LogP contribution in [0.3, 0.4) is 0 Å². The monoisotopic (exact) mass is 369 g/mol. The van der Waals surface area contributed by atoms with Gasteiger partial charge in [0.1, 0.15) is 23.8 Å². The average Bonchev–Trinajstić information content (AvgIpc) is 3.10. The van der Waals surface area contributed by atoms with Gasteiger partial charge in [-0.3, -0.25) is 0 Å². The topological polar surface area (TPSA) is 64.9 Å². The molecule has 1 aliphatic heterocycles. The van der Waals surface area contributed by atoms with Gasteiger partial charge in [0.15, 0.2) is 0 Å². The maximum absolute atomic E-state index is 13.4. The van der Waals surface area contributed by atoms with Crippen molar-refractivity contribution in [3.05, 3.63) is 65.6 Å². The molecule has 27 heavy (non-hydrogen) atoms. The van der Waals surface area contributed by atoms with E-state index < -0.39 is 11.6 Å². The first-order chi connectivity index (χ1) is 13.1. The van der Waals surface area contributed by atoms with Crippen molar-refractivity contribution in [2.75, 3.05) is 18.5 Å². The van der Waals surface area contributed by atoms with Crippen molar-refractivity contribution in [1.82, 2.24) is 19.7 Å². The van der Waals surface area contributed by atoms with Crippen molar-refractivity contribution in [2.45, 2.75) is 13.3 Å². The minimum atomic E-state index is -0.676. The van der Waals surface area contributed by atoms with E-state index in [0.29, 0.717) is 19.0 Å². The molecule has 0 amide bonds. The number of nitrogens with zero attached hydrogens (tertiary/aromatic N) is 4. The van der Waals surface area contributed by atoms with Gasteiger partial charge in [0.2, 0.25) is 5.95 Å². The number of ether oxygens (including phenoxy) is 1. The fraction of sp³-hybridized carbons (Fsp3) is 0.211. The molecular formula is C19H17F2N5O. The van der Waals surface area contributed by atoms with Crippen LogP contribution in [0.1, 0.15) is 17.7 Å². The number of benzene rings is 1. The zero-order valence-corrected chi connectivity index (χ0v) is 14.6. The number of hydrogen-bond donors (Lipinski definition) is 1. The Hall–Kier alpha value is -3.13. The molecule has 3 aromatic rings. The summed E-state index contributed by atoms with van der Waals surface area (Å²) in [5.41, 5.74) is 3.31. The molecule has 0 saturated heterocycles. The van der Waals surface area contributed by atoms with E-state index in [9.17, 15) is 8.78 Å².